The van der Waals surface area contributed by atoms with Crippen molar-refractivity contribution in [3.05, 3.63) is 165 Å². The summed E-state index contributed by atoms with van der Waals surface area (Å²) in [5, 5.41) is 71.3. The number of aliphatic hydroxyl groups is 1. The molecule has 0 saturated heterocycles. The number of nitro benzene ring substituents is 2. The first-order valence-corrected chi connectivity index (χ1v) is 39.1. The number of nitrogen functional groups attached to an aromatic ring is 1. The number of aromatic amines is 1. The molecule has 4 aromatic heterocycles. The van der Waals surface area contributed by atoms with Crippen LogP contribution in [0.1, 0.15) is 189 Å². The standard InChI is InChI=1S/C16H19N3O2S.C15H19N3O4.C15H21N3O2.C11H15NO3.C9H18O2.C8H6N2O2.C8H16O3.CH3I.CH4/c1-16(2,3)21-15(20)18-7-9-19-8-6-12-10-13(22-11-17)4-5-14(12)19;1-15(2,3)22-14(19)16-7-9-17-8-6-11-10-12(18(20)21)4-5-13(11)17;1-15(2,3)20-14(19)17-7-9-18-8-6-11-10-12(16)4-5-13(11)18;1-6(2)7-3-8(11(15)5-12)10(14)4-9(7)13;1-5-6-7-8(10)11-9(2,3)4;11-10(12)7-1-2-8-6(5-7)3-4-9-8;1-8(2,3)11-7(10)5-4-6-9;1-2;/h4-6,8,10H,7,9H2,1-3H3,(H,18,20);4-6,8,10H,7,9H2,1-3H3,(H,16,19);4-6,8,10H,7,9,16H2,1-3H3,(H,17,19);3-4,6,13-14H,5,12H2,1-2H3;5-7H2,1-4H3;1-5,9H;9H,4-6H2,1-3H3;1H3;1H4/i;;;;;;;1TD;. The van der Waals surface area contributed by atoms with Crippen molar-refractivity contribution in [2.75, 3.05) is 43.4 Å². The first kappa shape index (κ1) is 99.6. The zero-order valence-electron chi connectivity index (χ0n) is 71.1. The van der Waals surface area contributed by atoms with Gasteiger partial charge < -0.3 is 85.1 Å². The number of benzene rings is 5. The van der Waals surface area contributed by atoms with Crippen LogP contribution >= 0.6 is 34.4 Å². The molecule has 0 spiro atoms. The summed E-state index contributed by atoms with van der Waals surface area (Å²) in [6.45, 7) is 36.6. The summed E-state index contributed by atoms with van der Waals surface area (Å²) in [6.07, 6.45) is 9.60. The number of carbonyl (C=O) groups is 6. The van der Waals surface area contributed by atoms with Crippen LogP contribution in [0, 0.1) is 30.9 Å². The van der Waals surface area contributed by atoms with Crippen molar-refractivity contribution >= 4 is 131 Å². The number of ketones is 1. The first-order valence-electron chi connectivity index (χ1n) is 38.2. The Balaban J connectivity index is 0.000000693. The number of ether oxygens (including phenoxy) is 5. The maximum atomic E-state index is 11.6. The Hall–Kier alpha value is -10.6. The lowest BCUT2D eigenvalue weighted by Crippen LogP contribution is -2.34. The van der Waals surface area contributed by atoms with Crippen molar-refractivity contribution in [2.24, 2.45) is 5.73 Å². The van der Waals surface area contributed by atoms with Crippen LogP contribution in [0.5, 0.6) is 11.5 Å². The highest BCUT2D eigenvalue weighted by Gasteiger charge is 2.21. The van der Waals surface area contributed by atoms with E-state index in [9.17, 15) is 59.2 Å². The molecule has 1 unspecified atom stereocenters. The number of unbranched alkanes of at least 4 members (excludes halogenated alkanes) is 1. The van der Waals surface area contributed by atoms with Gasteiger partial charge in [0, 0.05) is 171 Å². The van der Waals surface area contributed by atoms with Crippen molar-refractivity contribution in [3.8, 4) is 16.9 Å². The monoisotopic (exact) mass is 1750 g/mol. The van der Waals surface area contributed by atoms with E-state index in [0.717, 1.165) is 78.8 Å². The number of H-pyrrole nitrogens is 1. The van der Waals surface area contributed by atoms with Crippen LogP contribution in [-0.4, -0.2) is 146 Å². The number of phenolic OH excluding ortho intramolecular Hbond substituents is 2. The molecule has 0 aliphatic heterocycles. The second kappa shape index (κ2) is 50.0. The van der Waals surface area contributed by atoms with Gasteiger partial charge in [-0.15, -0.1) is 0 Å². The second-order valence-electron chi connectivity index (χ2n) is 30.9. The number of thioether (sulfide) groups is 1. The molecule has 0 aliphatic carbocycles. The van der Waals surface area contributed by atoms with Crippen LogP contribution in [0.2, 0.25) is 0 Å². The third-order valence-corrected chi connectivity index (χ3v) is 15.4. The number of phenols is 2. The Labute approximate surface area is 701 Å². The molecular weight excluding hydrogens is 1620 g/mol. The highest BCUT2D eigenvalue weighted by atomic mass is 127. The Bertz CT molecular complexity index is 4680. The number of carbonyl (C=O) groups excluding carboxylic acids is 6. The summed E-state index contributed by atoms with van der Waals surface area (Å²) >= 11 is 2.83. The topological polar surface area (TPSA) is 438 Å². The number of halogens is 1. The number of aromatic hydroxyl groups is 2. The number of Topliss-reactive ketones (excluding diaryl/α,β-unsaturated/α-hetero) is 1. The van der Waals surface area contributed by atoms with Gasteiger partial charge in [0.2, 0.25) is 0 Å². The van der Waals surface area contributed by atoms with Gasteiger partial charge >= 0.3 is 30.2 Å². The summed E-state index contributed by atoms with van der Waals surface area (Å²) in [6, 6.07) is 31.5. The fraction of sp³-hybridized carbons (Fsp3) is 0.464. The molecule has 3 amide bonds. The molecule has 30 nitrogen and oxygen atoms in total. The predicted molar refractivity (Wildman–Crippen MR) is 467 cm³/mol. The van der Waals surface area contributed by atoms with E-state index in [1.807, 2.05) is 181 Å². The van der Waals surface area contributed by atoms with Gasteiger partial charge in [-0.1, -0.05) is 57.2 Å². The highest BCUT2D eigenvalue weighted by molar-refractivity contribution is 14.1. The van der Waals surface area contributed by atoms with Gasteiger partial charge in [0.15, 0.2) is 5.78 Å². The summed E-state index contributed by atoms with van der Waals surface area (Å²) in [5.41, 5.74) is 14.5. The number of amides is 3. The van der Waals surface area contributed by atoms with Gasteiger partial charge in [0.1, 0.15) is 44.9 Å². The number of hydrogen-bond acceptors (Lipinski definition) is 22. The fourth-order valence-corrected chi connectivity index (χ4v) is 10.5. The molecular formula is C84H121IN12O18S. The van der Waals surface area contributed by atoms with E-state index in [1.165, 1.54) is 30.3 Å². The molecule has 0 aliphatic rings. The largest absolute Gasteiger partial charge is 0.508 e. The number of non-ortho nitro benzene ring substituents is 2. The average molecular weight is 1750 g/mol. The van der Waals surface area contributed by atoms with Gasteiger partial charge in [-0.25, -0.2) is 14.4 Å². The van der Waals surface area contributed by atoms with E-state index in [0.29, 0.717) is 64.1 Å². The minimum absolute atomic E-state index is 0. The highest BCUT2D eigenvalue weighted by Crippen LogP contribution is 2.33. The lowest BCUT2D eigenvalue weighted by atomic mass is 9.97. The second-order valence-corrected chi connectivity index (χ2v) is 31.7. The number of nitrogens with one attached hydrogen (secondary N) is 4. The fourth-order valence-electron chi connectivity index (χ4n) is 10.1. The van der Waals surface area contributed by atoms with E-state index in [1.54, 1.807) is 67.8 Å². The molecule has 1 atom stereocenters. The van der Waals surface area contributed by atoms with Crippen molar-refractivity contribution in [1.29, 1.82) is 5.26 Å². The molecule has 4 heterocycles. The zero-order chi connectivity index (χ0) is 88.8. The molecule has 32 heteroatoms. The van der Waals surface area contributed by atoms with Crippen LogP contribution in [0.3, 0.4) is 0 Å². The zero-order valence-corrected chi connectivity index (χ0v) is 72.1. The third-order valence-electron chi connectivity index (χ3n) is 14.8. The number of nitro groups is 2. The Kier molecular flexibility index (Phi) is 42.9. The average Bonchev–Trinajstić information content (AvgIpc) is 1.66. The van der Waals surface area contributed by atoms with Gasteiger partial charge in [0.05, 0.1) is 22.0 Å². The number of rotatable bonds is 21. The van der Waals surface area contributed by atoms with Crippen LogP contribution in [0.25, 0.3) is 43.6 Å². The molecule has 9 aromatic rings. The van der Waals surface area contributed by atoms with Crippen molar-refractivity contribution in [1.82, 2.24) is 34.6 Å². The predicted octanol–water partition coefficient (Wildman–Crippen LogP) is 18.3. The van der Waals surface area contributed by atoms with E-state index in [2.05, 4.69) is 42.4 Å². The quantitative estimate of drug-likeness (QED) is 0.00308. The number of aromatic nitrogens is 4. The minimum atomic E-state index is -0.697. The molecule has 0 radical (unpaired) electrons. The molecule has 638 valence electrons. The molecule has 0 fully saturated rings. The molecule has 116 heavy (non-hydrogen) atoms. The number of aliphatic hydroxyl groups excluding tert-OH is 1. The molecule has 0 saturated carbocycles. The van der Waals surface area contributed by atoms with Gasteiger partial charge in [0.25, 0.3) is 11.4 Å². The molecule has 5 aromatic carbocycles. The van der Waals surface area contributed by atoms with Crippen molar-refractivity contribution < 1.29 is 80.4 Å². The van der Waals surface area contributed by atoms with E-state index in [4.69, 9.17) is 48.3 Å². The van der Waals surface area contributed by atoms with Gasteiger partial charge in [-0.2, -0.15) is 5.26 Å². The summed E-state index contributed by atoms with van der Waals surface area (Å²) in [4.78, 5) is 91.4. The Morgan fingerprint density at radius 1 is 0.603 bits per heavy atom. The smallest absolute Gasteiger partial charge is 0.407 e. The lowest BCUT2D eigenvalue weighted by molar-refractivity contribution is -0.384. The molecule has 9 rings (SSSR count). The minimum Gasteiger partial charge on any atom is -0.508 e. The third kappa shape index (κ3) is 41.1. The van der Waals surface area contributed by atoms with Crippen molar-refractivity contribution in [2.45, 2.75) is 223 Å². The molecule has 11 N–H and O–H groups in total. The van der Waals surface area contributed by atoms with E-state index >= 15 is 0 Å². The number of esters is 2. The van der Waals surface area contributed by atoms with E-state index in [-0.39, 0.29) is 78.3 Å². The molecule has 0 bridgehead atoms. The van der Waals surface area contributed by atoms with Crippen molar-refractivity contribution in [3.63, 3.8) is 0 Å². The van der Waals surface area contributed by atoms with Crippen LogP contribution in [0.4, 0.5) is 31.4 Å². The van der Waals surface area contributed by atoms with Crippen LogP contribution < -0.4 is 27.4 Å². The normalized spacial score (nSPS) is 11.4. The maximum absolute atomic E-state index is 11.6. The van der Waals surface area contributed by atoms with Crippen LogP contribution in [-0.2, 0) is 52.9 Å². The summed E-state index contributed by atoms with van der Waals surface area (Å²) in [7, 11) is 0. The van der Waals surface area contributed by atoms with Crippen LogP contribution in [0.15, 0.2) is 139 Å². The van der Waals surface area contributed by atoms with E-state index < -0.39 is 55.4 Å². The Morgan fingerprint density at radius 3 is 1.40 bits per heavy atom. The maximum Gasteiger partial charge on any atom is 0.407 e. The van der Waals surface area contributed by atoms with Gasteiger partial charge in [-0.05, 0) is 224 Å². The number of anilines is 1. The number of nitrogens with zero attached hydrogens (tertiary/aromatic N) is 6. The lowest BCUT2D eigenvalue weighted by Gasteiger charge is -2.19. The summed E-state index contributed by atoms with van der Waals surface area (Å²) in [5.74, 6) is -0.821. The number of fused-ring (bicyclic) bond motifs is 4. The van der Waals surface area contributed by atoms with Gasteiger partial charge in [-0.3, -0.25) is 34.6 Å². The number of nitriles is 1. The summed E-state index contributed by atoms with van der Waals surface area (Å²) < 4.78 is 44.2. The number of alkyl halides is 1. The SMILES string of the molecule is C.CC(C)(C)OC(=O)CCCO.CC(C)(C)OC(=O)NCCn1ccc2cc(N)ccc21.CC(C)(C)OC(=O)NCCn1ccc2cc(SC#N)ccc21.CC(C)(C)OC(=O)NCCn1ccc2cc([N+](=O)[O-])ccc21.CC(C)c1cc(C(=O)CN)c(O)cc1O.CCCCC(=O)OC(C)(C)C.O=[N+]([O-])c1ccc2[nH]ccc2c1.[2H]C([3H])I. The number of thiocyanates is 1. The number of nitrogens with two attached hydrogens (primary N) is 2. The first-order chi connectivity index (χ1) is 54.4. The Morgan fingerprint density at radius 2 is 1.00 bits per heavy atom. The number of alkyl carbamates (subject to hydrolysis) is 3. The number of hydrogen-bond donors (Lipinski definition) is 9.